The number of nitrogens with one attached hydrogen (secondary N) is 1. The van der Waals surface area contributed by atoms with Crippen LogP contribution in [-0.4, -0.2) is 82.4 Å². The molecule has 11 heteroatoms. The number of benzene rings is 2. The Kier molecular flexibility index (Phi) is 13.3. The van der Waals surface area contributed by atoms with Crippen molar-refractivity contribution >= 4 is 16.1 Å². The highest BCUT2D eigenvalue weighted by molar-refractivity contribution is 7.89. The average Bonchev–Trinajstić information content (AvgIpc) is 2.98. The third kappa shape index (κ3) is 10.2. The summed E-state index contributed by atoms with van der Waals surface area (Å²) in [6, 6.07) is 14.7. The fourth-order valence-corrected chi connectivity index (χ4v) is 6.82. The predicted molar refractivity (Wildman–Crippen MR) is 164 cm³/mol. The minimum Gasteiger partial charge on any atom is -0.497 e. The van der Waals surface area contributed by atoms with Gasteiger partial charge in [-0.05, 0) is 60.9 Å². The lowest BCUT2D eigenvalue weighted by atomic mass is 9.92. The molecule has 6 atom stereocenters. The van der Waals surface area contributed by atoms with Gasteiger partial charge in [0.25, 0.3) is 0 Å². The normalized spacial score (nSPS) is 22.8. The van der Waals surface area contributed by atoms with Gasteiger partial charge in [0.05, 0.1) is 30.8 Å². The maximum atomic E-state index is 13.7. The zero-order chi connectivity index (χ0) is 31.6. The molecule has 10 nitrogen and oxygen atoms in total. The first-order valence-electron chi connectivity index (χ1n) is 14.9. The van der Waals surface area contributed by atoms with Gasteiger partial charge < -0.3 is 29.4 Å². The summed E-state index contributed by atoms with van der Waals surface area (Å²) >= 11 is 0. The van der Waals surface area contributed by atoms with Crippen molar-refractivity contribution in [1.82, 2.24) is 9.62 Å². The van der Waals surface area contributed by atoms with E-state index < -0.39 is 34.4 Å². The number of rotatable bonds is 13. The Hall–Kier alpha value is -2.70. The van der Waals surface area contributed by atoms with Crippen molar-refractivity contribution in [1.29, 1.82) is 0 Å². The van der Waals surface area contributed by atoms with Crippen LogP contribution in [0.1, 0.15) is 46.1 Å². The van der Waals surface area contributed by atoms with Gasteiger partial charge >= 0.3 is 6.09 Å². The Labute approximate surface area is 256 Å². The van der Waals surface area contributed by atoms with Gasteiger partial charge in [0, 0.05) is 26.1 Å². The topological polar surface area (TPSA) is 124 Å². The van der Waals surface area contributed by atoms with Gasteiger partial charge in [0.15, 0.2) is 6.29 Å². The number of alkyl carbamates (subject to hydrolysis) is 1. The van der Waals surface area contributed by atoms with Crippen molar-refractivity contribution in [3.63, 3.8) is 0 Å². The van der Waals surface area contributed by atoms with Crippen molar-refractivity contribution < 1.29 is 37.3 Å². The smallest absolute Gasteiger partial charge is 0.407 e. The molecule has 4 unspecified atom stereocenters. The standard InChI is InChI=1S/C32H48N2O8S/c1-22(2)19-34(43(37,38)27-16-14-26(39-5)15-17-27)20-29(35)28(18-25-10-8-7-9-11-25)33-32(36)42-30-21-41-31(40-6)24(4)13-12-23(30)3/h7-11,14-17,22-24,28-31,35H,12-13,18-21H2,1-6H3,(H,33,36)/t23?,24?,28-,29+,30?,31?/m0/s1. The Morgan fingerprint density at radius 2 is 1.67 bits per heavy atom. The van der Waals surface area contributed by atoms with E-state index in [0.29, 0.717) is 5.75 Å². The van der Waals surface area contributed by atoms with Gasteiger partial charge in [-0.25, -0.2) is 13.2 Å². The summed E-state index contributed by atoms with van der Waals surface area (Å²) in [7, 11) is -0.845. The molecule has 1 amide bonds. The molecule has 2 N–H and O–H groups in total. The van der Waals surface area contributed by atoms with E-state index in [2.05, 4.69) is 12.2 Å². The molecule has 0 bridgehead atoms. The number of sulfonamides is 1. The average molecular weight is 621 g/mol. The van der Waals surface area contributed by atoms with Crippen molar-refractivity contribution in [2.75, 3.05) is 33.9 Å². The fraction of sp³-hybridized carbons (Fsp3) is 0.594. The number of methoxy groups -OCH3 is 2. The van der Waals surface area contributed by atoms with Crippen LogP contribution in [0.3, 0.4) is 0 Å². The summed E-state index contributed by atoms with van der Waals surface area (Å²) in [5.74, 6) is 0.803. The number of hydrogen-bond acceptors (Lipinski definition) is 8. The van der Waals surface area contributed by atoms with E-state index in [-0.39, 0.29) is 55.1 Å². The highest BCUT2D eigenvalue weighted by atomic mass is 32.2. The summed E-state index contributed by atoms with van der Waals surface area (Å²) < 4.78 is 51.0. The molecule has 0 aromatic heterocycles. The predicted octanol–water partition coefficient (Wildman–Crippen LogP) is 4.46. The number of carbonyl (C=O) groups excluding carboxylic acids is 1. The zero-order valence-corrected chi connectivity index (χ0v) is 27.0. The van der Waals surface area contributed by atoms with Crippen LogP contribution in [0, 0.1) is 17.8 Å². The SMILES string of the molecule is COc1ccc(S(=O)(=O)N(CC(C)C)C[C@@H](O)[C@H](Cc2ccccc2)NC(=O)OC2COC(OC)C(C)CCC2C)cc1. The van der Waals surface area contributed by atoms with Gasteiger partial charge in [-0.1, -0.05) is 58.0 Å². The third-order valence-electron chi connectivity index (χ3n) is 7.81. The zero-order valence-electron chi connectivity index (χ0n) is 26.1. The van der Waals surface area contributed by atoms with Crippen LogP contribution >= 0.6 is 0 Å². The molecule has 2 aromatic rings. The van der Waals surface area contributed by atoms with Crippen LogP contribution in [0.2, 0.25) is 0 Å². The van der Waals surface area contributed by atoms with Crippen LogP contribution in [0.25, 0.3) is 0 Å². The number of ether oxygens (including phenoxy) is 4. The monoisotopic (exact) mass is 620 g/mol. The number of aliphatic hydroxyl groups excluding tert-OH is 1. The minimum absolute atomic E-state index is 0.00910. The highest BCUT2D eigenvalue weighted by Gasteiger charge is 2.33. The molecular formula is C32H48N2O8S. The summed E-state index contributed by atoms with van der Waals surface area (Å²) in [6.45, 7) is 8.06. The Balaban J connectivity index is 1.80. The van der Waals surface area contributed by atoms with E-state index in [0.717, 1.165) is 18.4 Å². The first kappa shape index (κ1) is 34.8. The molecule has 0 aliphatic carbocycles. The molecule has 1 aliphatic rings. The molecule has 1 aliphatic heterocycles. The van der Waals surface area contributed by atoms with E-state index in [1.54, 1.807) is 19.2 Å². The van der Waals surface area contributed by atoms with Crippen molar-refractivity contribution in [2.45, 2.75) is 76.4 Å². The second kappa shape index (κ2) is 16.4. The minimum atomic E-state index is -3.96. The molecule has 1 saturated heterocycles. The maximum absolute atomic E-state index is 13.7. The lowest BCUT2D eigenvalue weighted by molar-refractivity contribution is -0.181. The summed E-state index contributed by atoms with van der Waals surface area (Å²) in [4.78, 5) is 13.3. The molecule has 1 heterocycles. The fourth-order valence-electron chi connectivity index (χ4n) is 5.20. The van der Waals surface area contributed by atoms with Crippen LogP contribution in [0.5, 0.6) is 5.75 Å². The lowest BCUT2D eigenvalue weighted by Crippen LogP contribution is -2.52. The largest absolute Gasteiger partial charge is 0.497 e. The highest BCUT2D eigenvalue weighted by Crippen LogP contribution is 2.26. The Bertz CT molecular complexity index is 1230. The Morgan fingerprint density at radius 1 is 1.02 bits per heavy atom. The van der Waals surface area contributed by atoms with Gasteiger partial charge in [-0.2, -0.15) is 4.31 Å². The van der Waals surface area contributed by atoms with Crippen LogP contribution in [-0.2, 0) is 30.7 Å². The number of carbonyl (C=O) groups is 1. The van der Waals surface area contributed by atoms with Gasteiger partial charge in [-0.15, -0.1) is 0 Å². The molecule has 0 spiro atoms. The Morgan fingerprint density at radius 3 is 2.28 bits per heavy atom. The maximum Gasteiger partial charge on any atom is 0.407 e. The van der Waals surface area contributed by atoms with Crippen molar-refractivity contribution in [3.05, 3.63) is 60.2 Å². The van der Waals surface area contributed by atoms with E-state index in [4.69, 9.17) is 18.9 Å². The van der Waals surface area contributed by atoms with Gasteiger partial charge in [-0.3, -0.25) is 0 Å². The lowest BCUT2D eigenvalue weighted by Gasteiger charge is -2.33. The molecule has 240 valence electrons. The second-order valence-electron chi connectivity index (χ2n) is 11.8. The molecule has 0 radical (unpaired) electrons. The van der Waals surface area contributed by atoms with E-state index in [1.807, 2.05) is 51.1 Å². The number of amides is 1. The van der Waals surface area contributed by atoms with Crippen LogP contribution in [0.15, 0.2) is 59.5 Å². The molecule has 1 fully saturated rings. The van der Waals surface area contributed by atoms with Crippen molar-refractivity contribution in [3.8, 4) is 5.75 Å². The van der Waals surface area contributed by atoms with E-state index >= 15 is 0 Å². The molecule has 43 heavy (non-hydrogen) atoms. The van der Waals surface area contributed by atoms with E-state index in [1.165, 1.54) is 23.5 Å². The van der Waals surface area contributed by atoms with Crippen LogP contribution in [0.4, 0.5) is 4.79 Å². The number of nitrogens with zero attached hydrogens (tertiary/aromatic N) is 1. The first-order valence-corrected chi connectivity index (χ1v) is 16.4. The van der Waals surface area contributed by atoms with E-state index in [9.17, 15) is 18.3 Å². The molecule has 3 rings (SSSR count). The van der Waals surface area contributed by atoms with Gasteiger partial charge in [0.1, 0.15) is 11.9 Å². The summed E-state index contributed by atoms with van der Waals surface area (Å²) in [5.41, 5.74) is 0.875. The first-order chi connectivity index (χ1) is 20.4. The molecule has 2 aromatic carbocycles. The third-order valence-corrected chi connectivity index (χ3v) is 9.66. The molecule has 0 saturated carbocycles. The quantitative estimate of drug-likeness (QED) is 0.337. The number of aliphatic hydroxyl groups is 1. The molecular weight excluding hydrogens is 572 g/mol. The number of hydrogen-bond donors (Lipinski definition) is 2. The summed E-state index contributed by atoms with van der Waals surface area (Å²) in [5, 5.41) is 14.3. The van der Waals surface area contributed by atoms with Gasteiger partial charge in [0.2, 0.25) is 10.0 Å². The van der Waals surface area contributed by atoms with Crippen LogP contribution < -0.4 is 10.1 Å². The summed E-state index contributed by atoms with van der Waals surface area (Å²) in [6.07, 6.45) is -0.839. The van der Waals surface area contributed by atoms with Crippen molar-refractivity contribution in [2.24, 2.45) is 17.8 Å². The second-order valence-corrected chi connectivity index (χ2v) is 13.8.